The Kier molecular flexibility index (Phi) is 19.0. The molecule has 0 aliphatic rings. The molecule has 0 aromatic carbocycles. The summed E-state index contributed by atoms with van der Waals surface area (Å²) in [6.45, 7) is 3.29. The summed E-state index contributed by atoms with van der Waals surface area (Å²) in [5, 5.41) is 8.87. The molecular weight excluding hydrogens is 312 g/mol. The van der Waals surface area contributed by atoms with Gasteiger partial charge in [-0.25, -0.2) is 4.79 Å². The second-order valence-corrected chi connectivity index (χ2v) is 7.35. The molecule has 2 amide bonds. The summed E-state index contributed by atoms with van der Waals surface area (Å²) in [7, 11) is 0. The Morgan fingerprint density at radius 2 is 1.04 bits per heavy atom. The van der Waals surface area contributed by atoms with Gasteiger partial charge < -0.3 is 15.7 Å². The molecular formula is C21H44N2O2. The van der Waals surface area contributed by atoms with Gasteiger partial charge in [0.15, 0.2) is 0 Å². The number of carbonyl (C=O) groups excluding carboxylic acids is 1. The van der Waals surface area contributed by atoms with Gasteiger partial charge in [0.05, 0.1) is 6.61 Å². The van der Waals surface area contributed by atoms with Crippen LogP contribution in [0.15, 0.2) is 0 Å². The van der Waals surface area contributed by atoms with Crippen LogP contribution in [-0.2, 0) is 0 Å². The summed E-state index contributed by atoms with van der Waals surface area (Å²) < 4.78 is 0. The third-order valence-corrected chi connectivity index (χ3v) is 4.96. The number of primary amides is 1. The van der Waals surface area contributed by atoms with Gasteiger partial charge in [0.25, 0.3) is 0 Å². The third kappa shape index (κ3) is 17.8. The minimum absolute atomic E-state index is 0.0121. The Bertz CT molecular complexity index is 285. The minimum atomic E-state index is -0.421. The lowest BCUT2D eigenvalue weighted by Gasteiger charge is -2.18. The van der Waals surface area contributed by atoms with Crippen molar-refractivity contribution in [2.24, 2.45) is 5.73 Å². The molecule has 0 bridgehead atoms. The number of nitrogens with zero attached hydrogens (tertiary/aromatic N) is 1. The molecule has 0 aromatic rings. The maximum absolute atomic E-state index is 11.1. The second-order valence-electron chi connectivity index (χ2n) is 7.35. The summed E-state index contributed by atoms with van der Waals surface area (Å²) in [6, 6.07) is -0.421. The zero-order valence-corrected chi connectivity index (χ0v) is 16.8. The van der Waals surface area contributed by atoms with Crippen LogP contribution in [0.5, 0.6) is 0 Å². The van der Waals surface area contributed by atoms with Crippen LogP contribution in [0.4, 0.5) is 4.79 Å². The van der Waals surface area contributed by atoms with Crippen molar-refractivity contribution >= 4 is 6.03 Å². The smallest absolute Gasteiger partial charge is 0.314 e. The zero-order chi connectivity index (χ0) is 18.6. The molecule has 0 fully saturated rings. The van der Waals surface area contributed by atoms with E-state index in [2.05, 4.69) is 6.92 Å². The Hall–Kier alpha value is -0.770. The number of aliphatic hydroxyl groups is 1. The van der Waals surface area contributed by atoms with Crippen molar-refractivity contribution in [1.82, 2.24) is 4.90 Å². The average Bonchev–Trinajstić information content (AvgIpc) is 2.60. The van der Waals surface area contributed by atoms with E-state index in [1.165, 1.54) is 94.8 Å². The van der Waals surface area contributed by atoms with Crippen molar-refractivity contribution in [3.8, 4) is 0 Å². The van der Waals surface area contributed by atoms with Gasteiger partial charge in [-0.2, -0.15) is 0 Å². The molecule has 0 saturated heterocycles. The summed E-state index contributed by atoms with van der Waals surface area (Å²) in [4.78, 5) is 12.6. The van der Waals surface area contributed by atoms with E-state index < -0.39 is 6.03 Å². The van der Waals surface area contributed by atoms with Crippen molar-refractivity contribution in [3.63, 3.8) is 0 Å². The molecule has 0 aromatic heterocycles. The van der Waals surface area contributed by atoms with Crippen molar-refractivity contribution in [2.75, 3.05) is 19.7 Å². The van der Waals surface area contributed by atoms with Crippen LogP contribution in [0.1, 0.15) is 110 Å². The Morgan fingerprint density at radius 3 is 1.36 bits per heavy atom. The van der Waals surface area contributed by atoms with Crippen LogP contribution >= 0.6 is 0 Å². The highest BCUT2D eigenvalue weighted by Gasteiger charge is 2.07. The SMILES string of the molecule is CCCCCCCCCCCCCCCCCCN(CCO)C(N)=O. The molecule has 150 valence electrons. The first-order chi connectivity index (χ1) is 12.2. The molecule has 0 aliphatic carbocycles. The van der Waals surface area contributed by atoms with Crippen molar-refractivity contribution in [2.45, 2.75) is 110 Å². The number of urea groups is 1. The number of aliphatic hydroxyl groups excluding tert-OH is 1. The third-order valence-electron chi connectivity index (χ3n) is 4.96. The van der Waals surface area contributed by atoms with Gasteiger partial charge in [0.1, 0.15) is 0 Å². The maximum atomic E-state index is 11.1. The number of rotatable bonds is 19. The molecule has 3 N–H and O–H groups in total. The van der Waals surface area contributed by atoms with Crippen LogP contribution in [0, 0.1) is 0 Å². The number of amides is 2. The van der Waals surface area contributed by atoms with Gasteiger partial charge in [-0.1, -0.05) is 103 Å². The van der Waals surface area contributed by atoms with Crippen molar-refractivity contribution < 1.29 is 9.90 Å². The van der Waals surface area contributed by atoms with Gasteiger partial charge >= 0.3 is 6.03 Å². The van der Waals surface area contributed by atoms with E-state index in [0.717, 1.165) is 12.8 Å². The Balaban J connectivity index is 3.17. The van der Waals surface area contributed by atoms with Crippen LogP contribution < -0.4 is 5.73 Å². The molecule has 0 atom stereocenters. The second kappa shape index (κ2) is 19.6. The quantitative estimate of drug-likeness (QED) is 0.295. The maximum Gasteiger partial charge on any atom is 0.314 e. The fourth-order valence-corrected chi connectivity index (χ4v) is 3.30. The van der Waals surface area contributed by atoms with Crippen molar-refractivity contribution in [1.29, 1.82) is 0 Å². The fraction of sp³-hybridized carbons (Fsp3) is 0.952. The molecule has 0 radical (unpaired) electrons. The molecule has 0 saturated carbocycles. The van der Waals surface area contributed by atoms with E-state index in [0.29, 0.717) is 13.1 Å². The Morgan fingerprint density at radius 1 is 0.680 bits per heavy atom. The monoisotopic (exact) mass is 356 g/mol. The summed E-state index contributed by atoms with van der Waals surface area (Å²) in [6.07, 6.45) is 21.5. The topological polar surface area (TPSA) is 66.6 Å². The van der Waals surface area contributed by atoms with Gasteiger partial charge in [-0.15, -0.1) is 0 Å². The predicted octanol–water partition coefficient (Wildman–Crippen LogP) is 5.62. The summed E-state index contributed by atoms with van der Waals surface area (Å²) in [5.41, 5.74) is 5.27. The molecule has 4 heteroatoms. The number of nitrogens with two attached hydrogens (primary N) is 1. The average molecular weight is 357 g/mol. The molecule has 4 nitrogen and oxygen atoms in total. The number of carbonyl (C=O) groups is 1. The highest BCUT2D eigenvalue weighted by Crippen LogP contribution is 2.13. The van der Waals surface area contributed by atoms with Gasteiger partial charge in [-0.3, -0.25) is 0 Å². The van der Waals surface area contributed by atoms with Gasteiger partial charge in [-0.05, 0) is 6.42 Å². The van der Waals surface area contributed by atoms with Gasteiger partial charge in [0, 0.05) is 13.1 Å². The lowest BCUT2D eigenvalue weighted by molar-refractivity contribution is 0.183. The minimum Gasteiger partial charge on any atom is -0.395 e. The van der Waals surface area contributed by atoms with Crippen LogP contribution in [0.3, 0.4) is 0 Å². The van der Waals surface area contributed by atoms with Crippen LogP contribution in [0.25, 0.3) is 0 Å². The number of unbranched alkanes of at least 4 members (excludes halogenated alkanes) is 15. The summed E-state index contributed by atoms with van der Waals surface area (Å²) >= 11 is 0. The summed E-state index contributed by atoms with van der Waals surface area (Å²) in [5.74, 6) is 0. The predicted molar refractivity (Wildman–Crippen MR) is 108 cm³/mol. The highest BCUT2D eigenvalue weighted by molar-refractivity contribution is 5.71. The molecule has 0 spiro atoms. The standard InChI is InChI=1S/C21H44N2O2/c1-2-3-4-5-6-7-8-9-10-11-12-13-14-15-16-17-18-23(19-20-24)21(22)25/h24H,2-20H2,1H3,(H2,22,25). The van der Waals surface area contributed by atoms with Crippen LogP contribution in [0.2, 0.25) is 0 Å². The molecule has 0 aliphatic heterocycles. The lowest BCUT2D eigenvalue weighted by Crippen LogP contribution is -2.38. The number of hydrogen-bond donors (Lipinski definition) is 2. The zero-order valence-electron chi connectivity index (χ0n) is 16.8. The van der Waals surface area contributed by atoms with E-state index in [-0.39, 0.29) is 6.61 Å². The van der Waals surface area contributed by atoms with Crippen molar-refractivity contribution in [3.05, 3.63) is 0 Å². The first-order valence-electron chi connectivity index (χ1n) is 10.9. The lowest BCUT2D eigenvalue weighted by atomic mass is 10.0. The first-order valence-corrected chi connectivity index (χ1v) is 10.9. The Labute approximate surface area is 156 Å². The fourth-order valence-electron chi connectivity index (χ4n) is 3.30. The van der Waals surface area contributed by atoms with E-state index in [1.54, 1.807) is 0 Å². The normalized spacial score (nSPS) is 11.0. The van der Waals surface area contributed by atoms with Crippen LogP contribution in [-0.4, -0.2) is 35.7 Å². The van der Waals surface area contributed by atoms with E-state index in [1.807, 2.05) is 0 Å². The molecule has 0 heterocycles. The molecule has 0 unspecified atom stereocenters. The van der Waals surface area contributed by atoms with E-state index in [9.17, 15) is 4.79 Å². The van der Waals surface area contributed by atoms with E-state index in [4.69, 9.17) is 10.8 Å². The highest BCUT2D eigenvalue weighted by atomic mass is 16.3. The van der Waals surface area contributed by atoms with E-state index >= 15 is 0 Å². The molecule has 25 heavy (non-hydrogen) atoms. The van der Waals surface area contributed by atoms with Gasteiger partial charge in [0.2, 0.25) is 0 Å². The largest absolute Gasteiger partial charge is 0.395 e. The first kappa shape index (κ1) is 24.2. The molecule has 0 rings (SSSR count). The number of hydrogen-bond acceptors (Lipinski definition) is 2.